The first-order valence-electron chi connectivity index (χ1n) is 19.5. The lowest BCUT2D eigenvalue weighted by molar-refractivity contribution is 0.714. The van der Waals surface area contributed by atoms with Gasteiger partial charge in [0.1, 0.15) is 0 Å². The molecule has 268 valence electrons. The molecule has 8 aromatic carbocycles. The van der Waals surface area contributed by atoms with Crippen LogP contribution in [0.2, 0.25) is 0 Å². The van der Waals surface area contributed by atoms with Crippen LogP contribution in [0, 0.1) is 0 Å². The van der Waals surface area contributed by atoms with Gasteiger partial charge in [0.2, 0.25) is 0 Å². The minimum atomic E-state index is -0.282. The van der Waals surface area contributed by atoms with Gasteiger partial charge in [-0.25, -0.2) is 9.97 Å². The Bertz CT molecular complexity index is 3130. The van der Waals surface area contributed by atoms with Gasteiger partial charge >= 0.3 is 0 Å². The second-order valence-electron chi connectivity index (χ2n) is 15.0. The van der Waals surface area contributed by atoms with E-state index >= 15 is 0 Å². The van der Waals surface area contributed by atoms with Crippen molar-refractivity contribution in [3.63, 3.8) is 0 Å². The lowest BCUT2D eigenvalue weighted by atomic mass is 9.74. The molecule has 2 nitrogen and oxygen atoms in total. The van der Waals surface area contributed by atoms with E-state index in [1.54, 1.807) is 0 Å². The Hall–Kier alpha value is -6.94. The highest BCUT2D eigenvalue weighted by Gasteiger charge is 2.41. The number of hydrogen-bond donors (Lipinski definition) is 0. The fraction of sp³-hybridized carbons (Fsp3) is 0.0370. The van der Waals surface area contributed by atoms with E-state index < -0.39 is 0 Å². The second-order valence-corrected chi connectivity index (χ2v) is 16.1. The summed E-state index contributed by atoms with van der Waals surface area (Å²) in [4.78, 5) is 10.5. The Morgan fingerprint density at radius 2 is 0.982 bits per heavy atom. The number of aromatic nitrogens is 2. The third-order valence-corrected chi connectivity index (χ3v) is 13.0. The first-order chi connectivity index (χ1) is 28.1. The molecule has 1 unspecified atom stereocenters. The number of hydrogen-bond acceptors (Lipinski definition) is 3. The molecule has 0 aliphatic heterocycles. The molecule has 3 heteroatoms. The average molecular weight is 745 g/mol. The standard InChI is InChI=1S/C54H36N2S/c1-54(39-17-6-3-7-18-39)46-24-12-10-22-44(46)52-43(23-14-25-47(52)54)40-19-8-9-20-41(40)49-34-48(55-53(56-49)37-15-4-2-5-16-37)36-29-27-35(28-30-36)38-31-32-51-45(33-38)42-21-11-13-26-50(42)57-51/h2-34H,1H3. The van der Waals surface area contributed by atoms with E-state index in [1.165, 1.54) is 64.7 Å². The van der Waals surface area contributed by atoms with E-state index in [9.17, 15) is 0 Å². The summed E-state index contributed by atoms with van der Waals surface area (Å²) in [7, 11) is 0. The summed E-state index contributed by atoms with van der Waals surface area (Å²) < 4.78 is 2.64. The van der Waals surface area contributed by atoms with Crippen molar-refractivity contribution in [1.29, 1.82) is 0 Å². The van der Waals surface area contributed by atoms with Crippen molar-refractivity contribution < 1.29 is 0 Å². The first kappa shape index (κ1) is 33.4. The van der Waals surface area contributed by atoms with Gasteiger partial charge < -0.3 is 0 Å². The molecule has 0 amide bonds. The minimum Gasteiger partial charge on any atom is -0.228 e. The topological polar surface area (TPSA) is 25.8 Å². The van der Waals surface area contributed by atoms with Crippen LogP contribution in [0.1, 0.15) is 23.6 Å². The van der Waals surface area contributed by atoms with Crippen LogP contribution in [0.3, 0.4) is 0 Å². The van der Waals surface area contributed by atoms with Crippen LogP contribution in [0.5, 0.6) is 0 Å². The van der Waals surface area contributed by atoms with E-state index in [-0.39, 0.29) is 5.41 Å². The fourth-order valence-electron chi connectivity index (χ4n) is 8.98. The molecule has 10 aromatic rings. The van der Waals surface area contributed by atoms with Crippen molar-refractivity contribution in [1.82, 2.24) is 9.97 Å². The molecular formula is C54H36N2S. The van der Waals surface area contributed by atoms with Crippen molar-refractivity contribution in [3.8, 4) is 67.3 Å². The number of thiophene rings is 1. The quantitative estimate of drug-likeness (QED) is 0.169. The third-order valence-electron chi connectivity index (χ3n) is 11.8. The maximum absolute atomic E-state index is 5.30. The molecule has 1 atom stereocenters. The summed E-state index contributed by atoms with van der Waals surface area (Å²) >= 11 is 1.85. The van der Waals surface area contributed by atoms with E-state index in [0.29, 0.717) is 5.82 Å². The summed E-state index contributed by atoms with van der Waals surface area (Å²) in [6, 6.07) is 72.2. The molecule has 1 aliphatic carbocycles. The predicted molar refractivity (Wildman–Crippen MR) is 240 cm³/mol. The molecule has 0 N–H and O–H groups in total. The average Bonchev–Trinajstić information content (AvgIpc) is 3.80. The molecule has 2 aromatic heterocycles. The predicted octanol–water partition coefficient (Wildman–Crippen LogP) is 14.5. The highest BCUT2D eigenvalue weighted by molar-refractivity contribution is 7.25. The Balaban J connectivity index is 1.05. The largest absolute Gasteiger partial charge is 0.228 e. The highest BCUT2D eigenvalue weighted by atomic mass is 32.1. The SMILES string of the molecule is CC1(c2ccccc2)c2ccccc2-c2c(-c3ccccc3-c3cc(-c4ccc(-c5ccc6sc7ccccc7c6c5)cc4)nc(-c4ccccc4)n3)cccc21. The molecule has 11 rings (SSSR count). The number of benzene rings is 8. The van der Waals surface area contributed by atoms with Gasteiger partial charge in [0.05, 0.1) is 11.4 Å². The molecule has 1 aliphatic rings. The van der Waals surface area contributed by atoms with Crippen LogP contribution in [0.25, 0.3) is 87.5 Å². The zero-order valence-electron chi connectivity index (χ0n) is 31.4. The molecule has 0 bridgehead atoms. The van der Waals surface area contributed by atoms with Crippen LogP contribution in [-0.4, -0.2) is 9.97 Å². The summed E-state index contributed by atoms with van der Waals surface area (Å²) in [5, 5.41) is 2.62. The lowest BCUT2D eigenvalue weighted by Crippen LogP contribution is -2.22. The Morgan fingerprint density at radius 3 is 1.81 bits per heavy atom. The highest BCUT2D eigenvalue weighted by Crippen LogP contribution is 2.55. The summed E-state index contributed by atoms with van der Waals surface area (Å²) in [6.45, 7) is 2.37. The first-order valence-corrected chi connectivity index (χ1v) is 20.3. The van der Waals surface area contributed by atoms with Crippen LogP contribution >= 0.6 is 11.3 Å². The lowest BCUT2D eigenvalue weighted by Gasteiger charge is -2.28. The molecule has 0 spiro atoms. The summed E-state index contributed by atoms with van der Waals surface area (Å²) in [5.41, 5.74) is 15.9. The Kier molecular flexibility index (Phi) is 7.84. The van der Waals surface area contributed by atoms with Gasteiger partial charge in [-0.15, -0.1) is 11.3 Å². The van der Waals surface area contributed by atoms with Crippen molar-refractivity contribution in [2.45, 2.75) is 12.3 Å². The monoisotopic (exact) mass is 744 g/mol. The summed E-state index contributed by atoms with van der Waals surface area (Å²) in [6.07, 6.45) is 0. The van der Waals surface area contributed by atoms with Crippen molar-refractivity contribution >= 4 is 31.5 Å². The third kappa shape index (κ3) is 5.46. The fourth-order valence-corrected chi connectivity index (χ4v) is 10.1. The molecule has 0 saturated heterocycles. The zero-order chi connectivity index (χ0) is 37.9. The molecule has 57 heavy (non-hydrogen) atoms. The van der Waals surface area contributed by atoms with Gasteiger partial charge in [0, 0.05) is 42.3 Å². The van der Waals surface area contributed by atoms with Crippen molar-refractivity contribution in [3.05, 3.63) is 217 Å². The van der Waals surface area contributed by atoms with E-state index in [1.807, 2.05) is 17.4 Å². The van der Waals surface area contributed by atoms with Crippen molar-refractivity contribution in [2.24, 2.45) is 0 Å². The molecular weight excluding hydrogens is 709 g/mol. The smallest absolute Gasteiger partial charge is 0.160 e. The summed E-state index contributed by atoms with van der Waals surface area (Å²) in [5.74, 6) is 0.706. The van der Waals surface area contributed by atoms with E-state index in [2.05, 4.69) is 201 Å². The second kappa shape index (κ2) is 13.4. The number of fused-ring (bicyclic) bond motifs is 6. The van der Waals surface area contributed by atoms with E-state index in [4.69, 9.17) is 9.97 Å². The van der Waals surface area contributed by atoms with E-state index in [0.717, 1.165) is 33.6 Å². The Labute approximate surface area is 336 Å². The number of nitrogens with zero attached hydrogens (tertiary/aromatic N) is 2. The van der Waals surface area contributed by atoms with Gasteiger partial charge in [-0.3, -0.25) is 0 Å². The van der Waals surface area contributed by atoms with Gasteiger partial charge in [-0.1, -0.05) is 176 Å². The van der Waals surface area contributed by atoms with Crippen LogP contribution < -0.4 is 0 Å². The zero-order valence-corrected chi connectivity index (χ0v) is 32.2. The minimum absolute atomic E-state index is 0.282. The molecule has 0 radical (unpaired) electrons. The molecule has 0 saturated carbocycles. The number of rotatable bonds is 6. The van der Waals surface area contributed by atoms with Gasteiger partial charge in [-0.2, -0.15) is 0 Å². The Morgan fingerprint density at radius 1 is 0.386 bits per heavy atom. The van der Waals surface area contributed by atoms with Gasteiger partial charge in [0.15, 0.2) is 5.82 Å². The van der Waals surface area contributed by atoms with Crippen LogP contribution in [0.4, 0.5) is 0 Å². The van der Waals surface area contributed by atoms with Crippen molar-refractivity contribution in [2.75, 3.05) is 0 Å². The maximum Gasteiger partial charge on any atom is 0.160 e. The van der Waals surface area contributed by atoms with Gasteiger partial charge in [-0.05, 0) is 81.3 Å². The van der Waals surface area contributed by atoms with Crippen LogP contribution in [0.15, 0.2) is 200 Å². The molecule has 2 heterocycles. The maximum atomic E-state index is 5.30. The van der Waals surface area contributed by atoms with Crippen LogP contribution in [-0.2, 0) is 5.41 Å². The van der Waals surface area contributed by atoms with Gasteiger partial charge in [0.25, 0.3) is 0 Å². The molecule has 0 fully saturated rings. The normalized spacial score (nSPS) is 14.5.